The third kappa shape index (κ3) is 3.60. The highest BCUT2D eigenvalue weighted by Crippen LogP contribution is 2.28. The topological polar surface area (TPSA) is 56.3 Å². The van der Waals surface area contributed by atoms with Gasteiger partial charge in [0.15, 0.2) is 0 Å². The van der Waals surface area contributed by atoms with Gasteiger partial charge in [0.05, 0.1) is 11.7 Å². The van der Waals surface area contributed by atoms with E-state index in [1.807, 2.05) is 7.05 Å². The summed E-state index contributed by atoms with van der Waals surface area (Å²) in [6, 6.07) is 0. The first-order valence-electron chi connectivity index (χ1n) is 7.49. The van der Waals surface area contributed by atoms with Gasteiger partial charge in [0, 0.05) is 20.6 Å². The van der Waals surface area contributed by atoms with Crippen molar-refractivity contribution in [2.75, 3.05) is 19.5 Å². The fourth-order valence-electron chi connectivity index (χ4n) is 2.77. The summed E-state index contributed by atoms with van der Waals surface area (Å²) in [6.07, 6.45) is 8.34. The van der Waals surface area contributed by atoms with Gasteiger partial charge in [-0.05, 0) is 25.7 Å². The zero-order valence-electron chi connectivity index (χ0n) is 12.7. The number of aromatic nitrogens is 2. The van der Waals surface area contributed by atoms with E-state index >= 15 is 0 Å². The van der Waals surface area contributed by atoms with Crippen molar-refractivity contribution in [3.63, 3.8) is 0 Å². The molecule has 0 aromatic carbocycles. The number of anilines is 1. The van der Waals surface area contributed by atoms with E-state index in [0.29, 0.717) is 6.10 Å². The molecule has 1 fully saturated rings. The molecule has 0 saturated heterocycles. The first kappa shape index (κ1) is 15.0. The van der Waals surface area contributed by atoms with Crippen LogP contribution in [0, 0.1) is 0 Å². The number of hydrogen-bond acceptors (Lipinski definition) is 5. The highest BCUT2D eigenvalue weighted by atomic mass is 16.5. The Bertz CT molecular complexity index is 426. The predicted octanol–water partition coefficient (Wildman–Crippen LogP) is 2.81. The summed E-state index contributed by atoms with van der Waals surface area (Å²) in [5.74, 6) is 1.60. The van der Waals surface area contributed by atoms with Crippen molar-refractivity contribution < 1.29 is 9.47 Å². The van der Waals surface area contributed by atoms with E-state index in [9.17, 15) is 0 Å². The molecule has 2 rings (SSSR count). The summed E-state index contributed by atoms with van der Waals surface area (Å²) in [4.78, 5) is 8.61. The Balaban J connectivity index is 2.11. The molecule has 1 saturated carbocycles. The highest BCUT2D eigenvalue weighted by molar-refractivity contribution is 5.48. The molecule has 2 atom stereocenters. The van der Waals surface area contributed by atoms with Gasteiger partial charge in [0.2, 0.25) is 5.88 Å². The van der Waals surface area contributed by atoms with E-state index in [-0.39, 0.29) is 6.10 Å². The Hall–Kier alpha value is -1.36. The van der Waals surface area contributed by atoms with Crippen molar-refractivity contribution in [2.45, 2.75) is 57.7 Å². The van der Waals surface area contributed by atoms with Gasteiger partial charge in [-0.25, -0.2) is 9.97 Å². The van der Waals surface area contributed by atoms with Crippen LogP contribution < -0.4 is 10.1 Å². The van der Waals surface area contributed by atoms with E-state index in [0.717, 1.165) is 55.8 Å². The highest BCUT2D eigenvalue weighted by Gasteiger charge is 2.24. The minimum Gasteiger partial charge on any atom is -0.474 e. The van der Waals surface area contributed by atoms with Crippen LogP contribution in [0.5, 0.6) is 5.88 Å². The van der Waals surface area contributed by atoms with Gasteiger partial charge in [-0.3, -0.25) is 0 Å². The molecule has 112 valence electrons. The van der Waals surface area contributed by atoms with E-state index < -0.39 is 0 Å². The van der Waals surface area contributed by atoms with Crippen molar-refractivity contribution in [1.82, 2.24) is 9.97 Å². The SMILES string of the molecule is CCCc1c(NC)ncnc1OC1CCCC(OC)C1. The molecule has 5 nitrogen and oxygen atoms in total. The fraction of sp³-hybridized carbons (Fsp3) is 0.733. The molecule has 1 aromatic heterocycles. The Morgan fingerprint density at radius 3 is 2.80 bits per heavy atom. The molecule has 0 bridgehead atoms. The molecule has 1 aromatic rings. The number of rotatable bonds is 6. The van der Waals surface area contributed by atoms with Gasteiger partial charge in [-0.2, -0.15) is 0 Å². The largest absolute Gasteiger partial charge is 0.474 e. The van der Waals surface area contributed by atoms with Crippen molar-refractivity contribution in [2.24, 2.45) is 0 Å². The van der Waals surface area contributed by atoms with Gasteiger partial charge < -0.3 is 14.8 Å². The molecule has 1 aliphatic carbocycles. The minimum atomic E-state index is 0.198. The Morgan fingerprint density at radius 2 is 2.10 bits per heavy atom. The molecule has 5 heteroatoms. The number of methoxy groups -OCH3 is 1. The second-order valence-electron chi connectivity index (χ2n) is 5.27. The molecule has 0 amide bonds. The van der Waals surface area contributed by atoms with Crippen LogP contribution in [0.2, 0.25) is 0 Å². The summed E-state index contributed by atoms with van der Waals surface area (Å²) < 4.78 is 11.6. The van der Waals surface area contributed by atoms with Crippen LogP contribution in [0.3, 0.4) is 0 Å². The predicted molar refractivity (Wildman–Crippen MR) is 79.3 cm³/mol. The lowest BCUT2D eigenvalue weighted by molar-refractivity contribution is 0.0191. The van der Waals surface area contributed by atoms with E-state index in [1.54, 1.807) is 13.4 Å². The molecule has 20 heavy (non-hydrogen) atoms. The molecule has 2 unspecified atom stereocenters. The van der Waals surface area contributed by atoms with Gasteiger partial charge in [-0.1, -0.05) is 13.3 Å². The minimum absolute atomic E-state index is 0.198. The van der Waals surface area contributed by atoms with Gasteiger partial charge in [0.1, 0.15) is 18.2 Å². The standard InChI is InChI=1S/C15H25N3O2/c1-4-6-13-14(16-2)17-10-18-15(13)20-12-8-5-7-11(9-12)19-3/h10-12H,4-9H2,1-3H3,(H,16,17,18). The molecule has 1 aliphatic rings. The van der Waals surface area contributed by atoms with E-state index in [4.69, 9.17) is 9.47 Å². The summed E-state index contributed by atoms with van der Waals surface area (Å²) >= 11 is 0. The van der Waals surface area contributed by atoms with Crippen LogP contribution in [-0.2, 0) is 11.2 Å². The lowest BCUT2D eigenvalue weighted by Gasteiger charge is -2.29. The summed E-state index contributed by atoms with van der Waals surface area (Å²) in [6.45, 7) is 2.15. The van der Waals surface area contributed by atoms with Crippen molar-refractivity contribution in [3.8, 4) is 5.88 Å². The molecule has 0 radical (unpaired) electrons. The zero-order chi connectivity index (χ0) is 14.4. The Morgan fingerprint density at radius 1 is 1.30 bits per heavy atom. The van der Waals surface area contributed by atoms with Crippen LogP contribution in [0.1, 0.15) is 44.6 Å². The van der Waals surface area contributed by atoms with Crippen molar-refractivity contribution in [3.05, 3.63) is 11.9 Å². The maximum atomic E-state index is 6.14. The van der Waals surface area contributed by atoms with Crippen LogP contribution in [-0.4, -0.2) is 36.3 Å². The Kier molecular flexibility index (Phi) is 5.59. The first-order valence-corrected chi connectivity index (χ1v) is 7.49. The van der Waals surface area contributed by atoms with Crippen molar-refractivity contribution >= 4 is 5.82 Å². The second kappa shape index (κ2) is 7.43. The molecule has 0 spiro atoms. The second-order valence-corrected chi connectivity index (χ2v) is 5.27. The average molecular weight is 279 g/mol. The number of ether oxygens (including phenoxy) is 2. The van der Waals surface area contributed by atoms with Crippen LogP contribution in [0.15, 0.2) is 6.33 Å². The normalized spacial score (nSPS) is 22.6. The smallest absolute Gasteiger partial charge is 0.222 e. The first-order chi connectivity index (χ1) is 9.78. The van der Waals surface area contributed by atoms with Crippen LogP contribution in [0.25, 0.3) is 0 Å². The monoisotopic (exact) mass is 279 g/mol. The maximum Gasteiger partial charge on any atom is 0.222 e. The number of hydrogen-bond donors (Lipinski definition) is 1. The average Bonchev–Trinajstić information content (AvgIpc) is 2.49. The van der Waals surface area contributed by atoms with Gasteiger partial charge in [0.25, 0.3) is 0 Å². The third-order valence-electron chi connectivity index (χ3n) is 3.83. The number of nitrogens with one attached hydrogen (secondary N) is 1. The fourth-order valence-corrected chi connectivity index (χ4v) is 2.77. The molecule has 1 N–H and O–H groups in total. The quantitative estimate of drug-likeness (QED) is 0.867. The number of nitrogens with zero attached hydrogens (tertiary/aromatic N) is 2. The van der Waals surface area contributed by atoms with Gasteiger partial charge >= 0.3 is 0 Å². The van der Waals surface area contributed by atoms with Crippen LogP contribution >= 0.6 is 0 Å². The summed E-state index contributed by atoms with van der Waals surface area (Å²) in [5, 5.41) is 3.12. The third-order valence-corrected chi connectivity index (χ3v) is 3.83. The zero-order valence-corrected chi connectivity index (χ0v) is 12.7. The Labute approximate surface area is 121 Å². The van der Waals surface area contributed by atoms with E-state index in [1.165, 1.54) is 0 Å². The van der Waals surface area contributed by atoms with Crippen molar-refractivity contribution in [1.29, 1.82) is 0 Å². The summed E-state index contributed by atoms with van der Waals surface area (Å²) in [7, 11) is 3.66. The van der Waals surface area contributed by atoms with E-state index in [2.05, 4.69) is 22.2 Å². The molecular formula is C15H25N3O2. The lowest BCUT2D eigenvalue weighted by atomic mass is 9.95. The van der Waals surface area contributed by atoms with Gasteiger partial charge in [-0.15, -0.1) is 0 Å². The maximum absolute atomic E-state index is 6.14. The van der Waals surface area contributed by atoms with Crippen LogP contribution in [0.4, 0.5) is 5.82 Å². The molecular weight excluding hydrogens is 254 g/mol. The molecule has 0 aliphatic heterocycles. The molecule has 1 heterocycles. The lowest BCUT2D eigenvalue weighted by Crippen LogP contribution is -2.30. The summed E-state index contributed by atoms with van der Waals surface area (Å²) in [5.41, 5.74) is 1.08.